The fourth-order valence-corrected chi connectivity index (χ4v) is 4.33. The van der Waals surface area contributed by atoms with Crippen molar-refractivity contribution in [3.8, 4) is 11.1 Å². The van der Waals surface area contributed by atoms with Crippen molar-refractivity contribution >= 4 is 43.8 Å². The van der Waals surface area contributed by atoms with E-state index in [0.717, 1.165) is 38.6 Å². The van der Waals surface area contributed by atoms with Crippen LogP contribution in [0.1, 0.15) is 27.4 Å². The molecule has 0 fully saturated rings. The minimum atomic E-state index is -0.520. The zero-order valence-electron chi connectivity index (χ0n) is 18.8. The van der Waals surface area contributed by atoms with Crippen LogP contribution in [0.5, 0.6) is 0 Å². The summed E-state index contributed by atoms with van der Waals surface area (Å²) in [6.45, 7) is -0.208. The van der Waals surface area contributed by atoms with Crippen molar-refractivity contribution < 1.29 is 33.7 Å². The van der Waals surface area contributed by atoms with Gasteiger partial charge < -0.3 is 28.9 Å². The van der Waals surface area contributed by atoms with Crippen molar-refractivity contribution in [2.45, 2.75) is 19.8 Å². The molecule has 0 aliphatic rings. The Kier molecular flexibility index (Phi) is 7.67. The second kappa shape index (κ2) is 10.9. The van der Waals surface area contributed by atoms with Crippen molar-refractivity contribution in [1.29, 1.82) is 0 Å². The number of methoxy groups -OCH3 is 1. The van der Waals surface area contributed by atoms with E-state index in [-0.39, 0.29) is 25.6 Å². The molecule has 35 heavy (non-hydrogen) atoms. The van der Waals surface area contributed by atoms with Crippen LogP contribution < -0.4 is 0 Å². The summed E-state index contributed by atoms with van der Waals surface area (Å²) in [7, 11) is 1.30. The number of rotatable bonds is 5. The van der Waals surface area contributed by atoms with E-state index in [1.165, 1.54) is 7.11 Å². The fourth-order valence-electron chi connectivity index (χ4n) is 3.73. The van der Waals surface area contributed by atoms with Gasteiger partial charge in [-0.25, -0.2) is 4.79 Å². The molecule has 2 aromatic heterocycles. The Labute approximate surface area is 209 Å². The maximum atomic E-state index is 11.3. The Hall–Kier alpha value is -3.43. The second-order valence-electron chi connectivity index (χ2n) is 7.71. The topological polar surface area (TPSA) is 113 Å². The lowest BCUT2D eigenvalue weighted by Crippen LogP contribution is -1.97. The maximum absolute atomic E-state index is 11.3. The number of ether oxygens (including phenoxy) is 1. The smallest absolute Gasteiger partial charge is 0.373 e. The Balaban J connectivity index is 0.000000168. The van der Waals surface area contributed by atoms with Gasteiger partial charge in [0.15, 0.2) is 0 Å². The van der Waals surface area contributed by atoms with Gasteiger partial charge in [0.05, 0.1) is 24.8 Å². The Morgan fingerprint density at radius 3 is 2.11 bits per heavy atom. The van der Waals surface area contributed by atoms with Gasteiger partial charge in [-0.05, 0) is 69.0 Å². The molecule has 0 amide bonds. The van der Waals surface area contributed by atoms with Crippen molar-refractivity contribution in [3.63, 3.8) is 0 Å². The first kappa shape index (κ1) is 24.7. The number of furan rings is 2. The third-order valence-electron chi connectivity index (χ3n) is 5.35. The highest BCUT2D eigenvalue weighted by Gasteiger charge is 2.15. The van der Waals surface area contributed by atoms with E-state index < -0.39 is 5.97 Å². The van der Waals surface area contributed by atoms with Gasteiger partial charge in [-0.1, -0.05) is 30.3 Å². The van der Waals surface area contributed by atoms with Gasteiger partial charge >= 0.3 is 5.97 Å². The second-order valence-corrected chi connectivity index (χ2v) is 8.57. The van der Waals surface area contributed by atoms with Gasteiger partial charge in [-0.15, -0.1) is 0 Å². The van der Waals surface area contributed by atoms with Crippen molar-refractivity contribution in [3.05, 3.63) is 93.9 Å². The summed E-state index contributed by atoms with van der Waals surface area (Å²) in [5.74, 6) is 0.157. The number of aliphatic hydroxyl groups is 3. The third kappa shape index (κ3) is 5.31. The van der Waals surface area contributed by atoms with Crippen LogP contribution in [0.2, 0.25) is 0 Å². The molecule has 0 atom stereocenters. The van der Waals surface area contributed by atoms with Gasteiger partial charge in [0.25, 0.3) is 0 Å². The van der Waals surface area contributed by atoms with Gasteiger partial charge in [-0.3, -0.25) is 0 Å². The summed E-state index contributed by atoms with van der Waals surface area (Å²) in [4.78, 5) is 11.3. The van der Waals surface area contributed by atoms with E-state index in [1.807, 2.05) is 42.5 Å². The standard InChI is InChI=1S/C16H14O3.C11H9BrO4/c17-9-11-6-13-8-14(10-18)19-16(13)15(7-11)12-4-2-1-3-5-12;1-15-11(14)9-4-7-2-6(5-13)3-8(12)10(7)16-9/h1-8,17-18H,9-10H2;2-4,13H,5H2,1H3. The van der Waals surface area contributed by atoms with Crippen LogP contribution in [0.3, 0.4) is 0 Å². The van der Waals surface area contributed by atoms with Crippen LogP contribution in [0.4, 0.5) is 0 Å². The first-order valence-electron chi connectivity index (χ1n) is 10.7. The largest absolute Gasteiger partial charge is 0.463 e. The molecule has 2 heterocycles. The molecular weight excluding hydrogens is 516 g/mol. The van der Waals surface area contributed by atoms with Crippen LogP contribution in [0, 0.1) is 0 Å². The maximum Gasteiger partial charge on any atom is 0.373 e. The molecule has 0 saturated carbocycles. The molecule has 0 bridgehead atoms. The SMILES string of the molecule is COC(=O)c1cc2cc(CO)cc(Br)c2o1.OCc1cc(-c2ccccc2)c2oc(CO)cc2c1. The van der Waals surface area contributed by atoms with Gasteiger partial charge in [0.1, 0.15) is 23.5 Å². The fraction of sp³-hybridized carbons (Fsp3) is 0.148. The quantitative estimate of drug-likeness (QED) is 0.251. The number of halogens is 1. The van der Waals surface area contributed by atoms with Crippen molar-refractivity contribution in [2.75, 3.05) is 7.11 Å². The zero-order chi connectivity index (χ0) is 24.9. The van der Waals surface area contributed by atoms with E-state index in [2.05, 4.69) is 20.7 Å². The number of hydrogen-bond acceptors (Lipinski definition) is 7. The van der Waals surface area contributed by atoms with E-state index in [9.17, 15) is 15.0 Å². The van der Waals surface area contributed by atoms with Crippen LogP contribution in [0.25, 0.3) is 33.1 Å². The predicted octanol–water partition coefficient (Wildman–Crippen LogP) is 5.56. The number of carbonyl (C=O) groups is 1. The zero-order valence-corrected chi connectivity index (χ0v) is 20.4. The van der Waals surface area contributed by atoms with Gasteiger partial charge in [-0.2, -0.15) is 0 Å². The molecule has 0 aliphatic carbocycles. The average Bonchev–Trinajstić information content (AvgIpc) is 3.53. The lowest BCUT2D eigenvalue weighted by molar-refractivity contribution is 0.0567. The van der Waals surface area contributed by atoms with E-state index in [4.69, 9.17) is 13.9 Å². The molecule has 180 valence electrons. The lowest BCUT2D eigenvalue weighted by Gasteiger charge is -2.05. The molecule has 0 unspecified atom stereocenters. The third-order valence-corrected chi connectivity index (χ3v) is 5.94. The summed E-state index contributed by atoms with van der Waals surface area (Å²) in [6.07, 6.45) is 0. The number of carbonyl (C=O) groups excluding carboxylic acids is 1. The molecule has 0 aliphatic heterocycles. The predicted molar refractivity (Wildman–Crippen MR) is 135 cm³/mol. The molecule has 8 heteroatoms. The Morgan fingerprint density at radius 2 is 1.49 bits per heavy atom. The molecule has 3 N–H and O–H groups in total. The number of aliphatic hydroxyl groups excluding tert-OH is 3. The molecule has 7 nitrogen and oxygen atoms in total. The van der Waals surface area contributed by atoms with Crippen LogP contribution in [0.15, 0.2) is 80.0 Å². The average molecular weight is 539 g/mol. The van der Waals surface area contributed by atoms with E-state index in [0.29, 0.717) is 15.8 Å². The first-order valence-corrected chi connectivity index (χ1v) is 11.5. The highest BCUT2D eigenvalue weighted by molar-refractivity contribution is 9.10. The van der Waals surface area contributed by atoms with Crippen LogP contribution >= 0.6 is 15.9 Å². The van der Waals surface area contributed by atoms with Gasteiger partial charge in [0, 0.05) is 16.3 Å². The van der Waals surface area contributed by atoms with E-state index >= 15 is 0 Å². The number of hydrogen-bond donors (Lipinski definition) is 3. The number of esters is 1. The molecule has 0 radical (unpaired) electrons. The summed E-state index contributed by atoms with van der Waals surface area (Å²) >= 11 is 3.32. The molecule has 3 aromatic carbocycles. The van der Waals surface area contributed by atoms with E-state index in [1.54, 1.807) is 24.3 Å². The Morgan fingerprint density at radius 1 is 0.829 bits per heavy atom. The molecule has 5 aromatic rings. The monoisotopic (exact) mass is 538 g/mol. The molecular formula is C27H23BrO7. The van der Waals surface area contributed by atoms with Crippen molar-refractivity contribution in [2.24, 2.45) is 0 Å². The summed E-state index contributed by atoms with van der Waals surface area (Å²) in [5.41, 5.74) is 4.85. The molecule has 0 saturated heterocycles. The number of benzene rings is 3. The highest BCUT2D eigenvalue weighted by atomic mass is 79.9. The summed E-state index contributed by atoms with van der Waals surface area (Å²) in [6, 6.07) is 20.6. The molecule has 0 spiro atoms. The lowest BCUT2D eigenvalue weighted by atomic mass is 10.0. The van der Waals surface area contributed by atoms with Crippen molar-refractivity contribution in [1.82, 2.24) is 0 Å². The Bertz CT molecular complexity index is 1470. The normalized spacial score (nSPS) is 10.9. The molecule has 5 rings (SSSR count). The van der Waals surface area contributed by atoms with Gasteiger partial charge in [0.2, 0.25) is 5.76 Å². The number of fused-ring (bicyclic) bond motifs is 2. The first-order chi connectivity index (χ1) is 17.0. The summed E-state index contributed by atoms with van der Waals surface area (Å²) < 4.78 is 16.3. The minimum absolute atomic E-state index is 0.0184. The highest BCUT2D eigenvalue weighted by Crippen LogP contribution is 2.33. The minimum Gasteiger partial charge on any atom is -0.463 e. The van der Waals surface area contributed by atoms with Crippen LogP contribution in [-0.2, 0) is 24.6 Å². The van der Waals surface area contributed by atoms with Crippen LogP contribution in [-0.4, -0.2) is 28.4 Å². The summed E-state index contributed by atoms with van der Waals surface area (Å²) in [5, 5.41) is 29.2.